The maximum Gasteiger partial charge on any atom is 0.356 e. The zero-order chi connectivity index (χ0) is 13.8. The van der Waals surface area contributed by atoms with Gasteiger partial charge in [-0.2, -0.15) is 0 Å². The first kappa shape index (κ1) is 12.9. The van der Waals surface area contributed by atoms with E-state index in [4.69, 9.17) is 5.11 Å². The Morgan fingerprint density at radius 3 is 2.47 bits per heavy atom. The molecule has 0 amide bonds. The molecule has 0 aliphatic heterocycles. The quantitative estimate of drug-likeness (QED) is 0.884. The van der Waals surface area contributed by atoms with Crippen LogP contribution in [0.1, 0.15) is 29.0 Å². The van der Waals surface area contributed by atoms with Gasteiger partial charge in [0, 0.05) is 6.04 Å². The molecule has 2 aromatic rings. The Labute approximate surface area is 109 Å². The lowest BCUT2D eigenvalue weighted by atomic mass is 10.1. The van der Waals surface area contributed by atoms with E-state index in [2.05, 4.69) is 15.3 Å². The number of aromatic carboxylic acids is 1. The van der Waals surface area contributed by atoms with Crippen LogP contribution >= 0.6 is 0 Å². The van der Waals surface area contributed by atoms with E-state index in [1.807, 2.05) is 6.92 Å². The molecule has 2 N–H and O–H groups in total. The Kier molecular flexibility index (Phi) is 3.70. The number of nitrogens with one attached hydrogen (secondary N) is 1. The summed E-state index contributed by atoms with van der Waals surface area (Å²) in [5.41, 5.74) is 0.783. The largest absolute Gasteiger partial charge is 0.476 e. The first-order chi connectivity index (χ1) is 9.06. The molecule has 0 saturated heterocycles. The number of hydrogen-bond acceptors (Lipinski definition) is 4. The Hall–Kier alpha value is -2.50. The van der Waals surface area contributed by atoms with Crippen LogP contribution in [0.5, 0.6) is 0 Å². The fourth-order valence-corrected chi connectivity index (χ4v) is 1.57. The lowest BCUT2D eigenvalue weighted by molar-refractivity contribution is 0.0690. The van der Waals surface area contributed by atoms with Crippen LogP contribution in [0.2, 0.25) is 0 Å². The topological polar surface area (TPSA) is 75.1 Å². The minimum atomic E-state index is -1.12. The van der Waals surface area contributed by atoms with Gasteiger partial charge < -0.3 is 10.4 Å². The average Bonchev–Trinajstić information content (AvgIpc) is 2.40. The van der Waals surface area contributed by atoms with Crippen molar-refractivity contribution in [2.75, 3.05) is 5.32 Å². The first-order valence-electron chi connectivity index (χ1n) is 5.63. The van der Waals surface area contributed by atoms with Gasteiger partial charge in [0.15, 0.2) is 5.69 Å². The Morgan fingerprint density at radius 2 is 1.95 bits per heavy atom. The number of carboxylic acid groups (broad SMARTS) is 1. The third-order valence-corrected chi connectivity index (χ3v) is 2.61. The van der Waals surface area contributed by atoms with E-state index >= 15 is 0 Å². The van der Waals surface area contributed by atoms with Crippen LogP contribution in [0.15, 0.2) is 36.7 Å². The summed E-state index contributed by atoms with van der Waals surface area (Å²) >= 11 is 0. The maximum absolute atomic E-state index is 12.8. The van der Waals surface area contributed by atoms with Crippen molar-refractivity contribution in [3.8, 4) is 0 Å². The van der Waals surface area contributed by atoms with E-state index in [1.54, 1.807) is 12.1 Å². The molecule has 1 aromatic carbocycles. The number of nitrogens with zero attached hydrogens (tertiary/aromatic N) is 2. The number of anilines is 1. The van der Waals surface area contributed by atoms with Crippen LogP contribution in [0, 0.1) is 5.82 Å². The van der Waals surface area contributed by atoms with Gasteiger partial charge in [-0.25, -0.2) is 19.2 Å². The van der Waals surface area contributed by atoms with Crippen molar-refractivity contribution in [3.05, 3.63) is 53.7 Å². The van der Waals surface area contributed by atoms with E-state index in [9.17, 15) is 9.18 Å². The number of benzene rings is 1. The van der Waals surface area contributed by atoms with Gasteiger partial charge in [0.25, 0.3) is 0 Å². The van der Waals surface area contributed by atoms with E-state index in [1.165, 1.54) is 24.5 Å². The third kappa shape index (κ3) is 3.25. The van der Waals surface area contributed by atoms with Crippen molar-refractivity contribution in [3.63, 3.8) is 0 Å². The van der Waals surface area contributed by atoms with Crippen molar-refractivity contribution in [1.29, 1.82) is 0 Å². The maximum atomic E-state index is 12.8. The Bertz CT molecular complexity index is 569. The average molecular weight is 261 g/mol. The molecule has 0 fully saturated rings. The lowest BCUT2D eigenvalue weighted by Crippen LogP contribution is -2.09. The minimum Gasteiger partial charge on any atom is -0.476 e. The molecule has 1 atom stereocenters. The highest BCUT2D eigenvalue weighted by molar-refractivity contribution is 5.84. The summed E-state index contributed by atoms with van der Waals surface area (Å²) in [5, 5.41) is 11.8. The molecule has 6 heteroatoms. The normalized spacial score (nSPS) is 11.9. The second kappa shape index (κ2) is 5.43. The molecule has 98 valence electrons. The fraction of sp³-hybridized carbons (Fsp3) is 0.154. The summed E-state index contributed by atoms with van der Waals surface area (Å²) in [6.45, 7) is 1.89. The van der Waals surface area contributed by atoms with E-state index in [-0.39, 0.29) is 17.6 Å². The summed E-state index contributed by atoms with van der Waals surface area (Å²) in [4.78, 5) is 18.3. The fourth-order valence-electron chi connectivity index (χ4n) is 1.57. The van der Waals surface area contributed by atoms with Crippen LogP contribution < -0.4 is 5.32 Å². The lowest BCUT2D eigenvalue weighted by Gasteiger charge is -2.14. The van der Waals surface area contributed by atoms with Crippen LogP contribution in [0.4, 0.5) is 10.2 Å². The van der Waals surface area contributed by atoms with Gasteiger partial charge in [0.05, 0.1) is 12.4 Å². The van der Waals surface area contributed by atoms with Crippen molar-refractivity contribution < 1.29 is 14.3 Å². The smallest absolute Gasteiger partial charge is 0.356 e. The highest BCUT2D eigenvalue weighted by Gasteiger charge is 2.08. The standard InChI is InChI=1S/C13H12FN3O2/c1-8(9-2-4-10(14)5-3-9)17-12-7-15-11(6-16-12)13(18)19/h2-8H,1H3,(H,16,17)(H,18,19). The summed E-state index contributed by atoms with van der Waals surface area (Å²) in [5.74, 6) is -0.950. The molecule has 19 heavy (non-hydrogen) atoms. The SMILES string of the molecule is CC(Nc1cnc(C(=O)O)cn1)c1ccc(F)cc1. The predicted molar refractivity (Wildman–Crippen MR) is 67.4 cm³/mol. The highest BCUT2D eigenvalue weighted by Crippen LogP contribution is 2.17. The molecule has 0 aliphatic rings. The molecule has 1 aromatic heterocycles. The van der Waals surface area contributed by atoms with Crippen LogP contribution in [-0.2, 0) is 0 Å². The van der Waals surface area contributed by atoms with Gasteiger partial charge in [0.2, 0.25) is 0 Å². The zero-order valence-corrected chi connectivity index (χ0v) is 10.2. The highest BCUT2D eigenvalue weighted by atomic mass is 19.1. The number of hydrogen-bond donors (Lipinski definition) is 2. The van der Waals surface area contributed by atoms with Crippen LogP contribution in [-0.4, -0.2) is 21.0 Å². The van der Waals surface area contributed by atoms with Gasteiger partial charge in [-0.05, 0) is 24.6 Å². The number of carboxylic acids is 1. The van der Waals surface area contributed by atoms with E-state index < -0.39 is 5.97 Å². The number of aromatic nitrogens is 2. The summed E-state index contributed by atoms with van der Waals surface area (Å²) in [6, 6.07) is 6.02. The molecule has 5 nitrogen and oxygen atoms in total. The van der Waals surface area contributed by atoms with Crippen molar-refractivity contribution in [2.24, 2.45) is 0 Å². The molecule has 0 spiro atoms. The van der Waals surface area contributed by atoms with Gasteiger partial charge in [0.1, 0.15) is 11.6 Å². The number of carbonyl (C=O) groups is 1. The van der Waals surface area contributed by atoms with Crippen LogP contribution in [0.3, 0.4) is 0 Å². The molecule has 1 unspecified atom stereocenters. The molecule has 0 bridgehead atoms. The molecule has 1 heterocycles. The molecule has 0 saturated carbocycles. The van der Waals surface area contributed by atoms with Gasteiger partial charge >= 0.3 is 5.97 Å². The second-order valence-electron chi connectivity index (χ2n) is 4.01. The molecule has 0 radical (unpaired) electrons. The predicted octanol–water partition coefficient (Wildman–Crippen LogP) is 2.49. The molecular weight excluding hydrogens is 249 g/mol. The number of rotatable bonds is 4. The zero-order valence-electron chi connectivity index (χ0n) is 10.2. The first-order valence-corrected chi connectivity index (χ1v) is 5.63. The van der Waals surface area contributed by atoms with E-state index in [0.717, 1.165) is 5.56 Å². The van der Waals surface area contributed by atoms with Crippen molar-refractivity contribution >= 4 is 11.8 Å². The monoisotopic (exact) mass is 261 g/mol. The second-order valence-corrected chi connectivity index (χ2v) is 4.01. The van der Waals surface area contributed by atoms with Gasteiger partial charge in [-0.3, -0.25) is 0 Å². The number of halogens is 1. The van der Waals surface area contributed by atoms with Crippen molar-refractivity contribution in [1.82, 2.24) is 9.97 Å². The van der Waals surface area contributed by atoms with Gasteiger partial charge in [-0.15, -0.1) is 0 Å². The van der Waals surface area contributed by atoms with Crippen LogP contribution in [0.25, 0.3) is 0 Å². The van der Waals surface area contributed by atoms with Gasteiger partial charge in [-0.1, -0.05) is 12.1 Å². The summed E-state index contributed by atoms with van der Waals surface area (Å²) < 4.78 is 12.8. The Morgan fingerprint density at radius 1 is 1.26 bits per heavy atom. The minimum absolute atomic E-state index is 0.0921. The summed E-state index contributed by atoms with van der Waals surface area (Å²) in [6.07, 6.45) is 2.53. The van der Waals surface area contributed by atoms with E-state index in [0.29, 0.717) is 5.82 Å². The van der Waals surface area contributed by atoms with Crippen molar-refractivity contribution in [2.45, 2.75) is 13.0 Å². The summed E-state index contributed by atoms with van der Waals surface area (Å²) in [7, 11) is 0. The molecular formula is C13H12FN3O2. The molecule has 2 rings (SSSR count). The molecule has 0 aliphatic carbocycles. The third-order valence-electron chi connectivity index (χ3n) is 2.61. The Balaban J connectivity index is 2.08.